The molecular formula is C17H33BrO. The number of ether oxygens (including phenoxy) is 1. The summed E-state index contributed by atoms with van der Waals surface area (Å²) in [5.74, 6) is 0. The summed E-state index contributed by atoms with van der Waals surface area (Å²) in [6.45, 7) is 5.77. The highest BCUT2D eigenvalue weighted by atomic mass is 79.9. The molecule has 0 spiro atoms. The van der Waals surface area contributed by atoms with E-state index in [2.05, 4.69) is 29.8 Å². The molecule has 1 fully saturated rings. The Balaban J connectivity index is 1.84. The van der Waals surface area contributed by atoms with Crippen molar-refractivity contribution in [3.63, 3.8) is 0 Å². The third kappa shape index (κ3) is 9.07. The molecular weight excluding hydrogens is 300 g/mol. The quantitative estimate of drug-likeness (QED) is 0.347. The van der Waals surface area contributed by atoms with Gasteiger partial charge in [0, 0.05) is 11.9 Å². The maximum Gasteiger partial charge on any atom is 0.0575 e. The van der Waals surface area contributed by atoms with Gasteiger partial charge in [0.2, 0.25) is 0 Å². The minimum Gasteiger partial charge on any atom is -0.378 e. The van der Waals surface area contributed by atoms with Gasteiger partial charge in [-0.15, -0.1) is 0 Å². The van der Waals surface area contributed by atoms with Crippen LogP contribution < -0.4 is 0 Å². The SMILES string of the molecule is CC1(C)CCC(OCCCCCCCCCBr)CC1. The van der Waals surface area contributed by atoms with Crippen molar-refractivity contribution in [2.24, 2.45) is 5.41 Å². The Bertz CT molecular complexity index is 205. The van der Waals surface area contributed by atoms with Gasteiger partial charge in [-0.2, -0.15) is 0 Å². The molecule has 0 amide bonds. The number of alkyl halides is 1. The molecule has 1 aliphatic rings. The van der Waals surface area contributed by atoms with Crippen molar-refractivity contribution >= 4 is 15.9 Å². The average molecular weight is 333 g/mol. The molecule has 0 unspecified atom stereocenters. The zero-order valence-corrected chi connectivity index (χ0v) is 14.6. The summed E-state index contributed by atoms with van der Waals surface area (Å²) in [6.07, 6.45) is 15.3. The van der Waals surface area contributed by atoms with E-state index in [9.17, 15) is 0 Å². The van der Waals surface area contributed by atoms with Gasteiger partial charge >= 0.3 is 0 Å². The van der Waals surface area contributed by atoms with Gasteiger partial charge in [0.25, 0.3) is 0 Å². The van der Waals surface area contributed by atoms with Crippen LogP contribution in [0.4, 0.5) is 0 Å². The van der Waals surface area contributed by atoms with Crippen LogP contribution in [0.3, 0.4) is 0 Å². The summed E-state index contributed by atoms with van der Waals surface area (Å²) < 4.78 is 6.02. The lowest BCUT2D eigenvalue weighted by atomic mass is 9.76. The van der Waals surface area contributed by atoms with Crippen molar-refractivity contribution in [3.05, 3.63) is 0 Å². The molecule has 0 N–H and O–H groups in total. The van der Waals surface area contributed by atoms with Crippen molar-refractivity contribution < 1.29 is 4.74 Å². The van der Waals surface area contributed by atoms with Crippen LogP contribution in [0.25, 0.3) is 0 Å². The van der Waals surface area contributed by atoms with E-state index in [1.165, 1.54) is 76.0 Å². The molecule has 0 aromatic rings. The lowest BCUT2D eigenvalue weighted by Gasteiger charge is -2.34. The van der Waals surface area contributed by atoms with Gasteiger partial charge < -0.3 is 4.74 Å². The number of unbranched alkanes of at least 4 members (excludes halogenated alkanes) is 6. The summed E-state index contributed by atoms with van der Waals surface area (Å²) in [6, 6.07) is 0. The molecule has 0 bridgehead atoms. The van der Waals surface area contributed by atoms with Crippen LogP contribution in [0.1, 0.15) is 84.5 Å². The normalized spacial score (nSPS) is 19.7. The Morgan fingerprint density at radius 1 is 0.895 bits per heavy atom. The van der Waals surface area contributed by atoms with Gasteiger partial charge in [0.15, 0.2) is 0 Å². The van der Waals surface area contributed by atoms with Gasteiger partial charge in [-0.3, -0.25) is 0 Å². The predicted molar refractivity (Wildman–Crippen MR) is 88.1 cm³/mol. The molecule has 1 rings (SSSR count). The number of hydrogen-bond donors (Lipinski definition) is 0. The van der Waals surface area contributed by atoms with E-state index in [1.54, 1.807) is 0 Å². The summed E-state index contributed by atoms with van der Waals surface area (Å²) in [5.41, 5.74) is 0.564. The van der Waals surface area contributed by atoms with E-state index in [4.69, 9.17) is 4.74 Å². The molecule has 0 aromatic heterocycles. The minimum absolute atomic E-state index is 0.562. The first-order valence-corrected chi connectivity index (χ1v) is 9.44. The van der Waals surface area contributed by atoms with Crippen LogP contribution in [0.5, 0.6) is 0 Å². The maximum absolute atomic E-state index is 6.02. The summed E-state index contributed by atoms with van der Waals surface area (Å²) in [7, 11) is 0. The van der Waals surface area contributed by atoms with E-state index >= 15 is 0 Å². The maximum atomic E-state index is 6.02. The van der Waals surface area contributed by atoms with Crippen LogP contribution in [-0.4, -0.2) is 18.0 Å². The Kier molecular flexibility index (Phi) is 9.40. The third-order valence-corrected chi connectivity index (χ3v) is 4.98. The van der Waals surface area contributed by atoms with Crippen molar-refractivity contribution in [3.8, 4) is 0 Å². The van der Waals surface area contributed by atoms with Crippen LogP contribution in [0.15, 0.2) is 0 Å². The second-order valence-corrected chi connectivity index (χ2v) is 7.69. The van der Waals surface area contributed by atoms with E-state index in [0.29, 0.717) is 11.5 Å². The monoisotopic (exact) mass is 332 g/mol. The van der Waals surface area contributed by atoms with Crippen LogP contribution >= 0.6 is 15.9 Å². The summed E-state index contributed by atoms with van der Waals surface area (Å²) >= 11 is 3.48. The lowest BCUT2D eigenvalue weighted by molar-refractivity contribution is 0.00272. The topological polar surface area (TPSA) is 9.23 Å². The fourth-order valence-electron chi connectivity index (χ4n) is 2.87. The van der Waals surface area contributed by atoms with Gasteiger partial charge in [0.1, 0.15) is 0 Å². The number of hydrogen-bond acceptors (Lipinski definition) is 1. The average Bonchev–Trinajstić information content (AvgIpc) is 2.38. The smallest absolute Gasteiger partial charge is 0.0575 e. The molecule has 0 aromatic carbocycles. The largest absolute Gasteiger partial charge is 0.378 e. The zero-order valence-electron chi connectivity index (χ0n) is 13.1. The van der Waals surface area contributed by atoms with Crippen molar-refractivity contribution in [1.29, 1.82) is 0 Å². The van der Waals surface area contributed by atoms with Gasteiger partial charge in [-0.25, -0.2) is 0 Å². The second kappa shape index (κ2) is 10.2. The Morgan fingerprint density at radius 2 is 1.42 bits per heavy atom. The molecule has 1 saturated carbocycles. The van der Waals surface area contributed by atoms with Crippen molar-refractivity contribution in [1.82, 2.24) is 0 Å². The van der Waals surface area contributed by atoms with E-state index in [1.807, 2.05) is 0 Å². The summed E-state index contributed by atoms with van der Waals surface area (Å²) in [5, 5.41) is 1.17. The first kappa shape index (κ1) is 17.5. The predicted octanol–water partition coefficient (Wildman–Crippen LogP) is 6.10. The number of halogens is 1. The first-order valence-electron chi connectivity index (χ1n) is 8.32. The van der Waals surface area contributed by atoms with E-state index in [0.717, 1.165) is 6.61 Å². The fraction of sp³-hybridized carbons (Fsp3) is 1.00. The molecule has 0 saturated heterocycles. The standard InChI is InChI=1S/C17H33BrO/c1-17(2)12-10-16(11-13-17)19-15-9-7-5-3-4-6-8-14-18/h16H,3-15H2,1-2H3. The highest BCUT2D eigenvalue weighted by molar-refractivity contribution is 9.09. The van der Waals surface area contributed by atoms with Gasteiger partial charge in [-0.05, 0) is 43.9 Å². The molecule has 0 heterocycles. The second-order valence-electron chi connectivity index (χ2n) is 6.90. The fourth-order valence-corrected chi connectivity index (χ4v) is 3.27. The Morgan fingerprint density at radius 3 is 2.00 bits per heavy atom. The first-order chi connectivity index (χ1) is 9.14. The van der Waals surface area contributed by atoms with Crippen LogP contribution in [-0.2, 0) is 4.74 Å². The van der Waals surface area contributed by atoms with Crippen LogP contribution in [0, 0.1) is 5.41 Å². The highest BCUT2D eigenvalue weighted by Crippen LogP contribution is 2.36. The number of rotatable bonds is 10. The molecule has 114 valence electrons. The van der Waals surface area contributed by atoms with Gasteiger partial charge in [-0.1, -0.05) is 61.9 Å². The molecule has 1 aliphatic carbocycles. The minimum atomic E-state index is 0.562. The molecule has 0 radical (unpaired) electrons. The molecule has 19 heavy (non-hydrogen) atoms. The van der Waals surface area contributed by atoms with Crippen molar-refractivity contribution in [2.45, 2.75) is 90.6 Å². The molecule has 1 nitrogen and oxygen atoms in total. The third-order valence-electron chi connectivity index (χ3n) is 4.42. The lowest BCUT2D eigenvalue weighted by Crippen LogP contribution is -2.26. The zero-order chi connectivity index (χ0) is 14.0. The van der Waals surface area contributed by atoms with Crippen LogP contribution in [0.2, 0.25) is 0 Å². The summed E-state index contributed by atoms with van der Waals surface area (Å²) in [4.78, 5) is 0. The Hall–Kier alpha value is 0.440. The van der Waals surface area contributed by atoms with E-state index < -0.39 is 0 Å². The highest BCUT2D eigenvalue weighted by Gasteiger charge is 2.26. The van der Waals surface area contributed by atoms with E-state index in [-0.39, 0.29) is 0 Å². The molecule has 0 atom stereocenters. The molecule has 0 aliphatic heterocycles. The molecule has 2 heteroatoms. The van der Waals surface area contributed by atoms with Crippen molar-refractivity contribution in [2.75, 3.05) is 11.9 Å². The van der Waals surface area contributed by atoms with Gasteiger partial charge in [0.05, 0.1) is 6.10 Å². The Labute approximate surface area is 129 Å².